The predicted molar refractivity (Wildman–Crippen MR) is 94.4 cm³/mol. The summed E-state index contributed by atoms with van der Waals surface area (Å²) in [7, 11) is 3.90. The summed E-state index contributed by atoms with van der Waals surface area (Å²) >= 11 is 1.68. The summed E-state index contributed by atoms with van der Waals surface area (Å²) in [5, 5.41) is 13.0. The Morgan fingerprint density at radius 3 is 2.84 bits per heavy atom. The molecule has 0 atom stereocenters. The first-order valence-corrected chi connectivity index (χ1v) is 8.52. The normalized spacial score (nSPS) is 11.1. The minimum Gasteiger partial charge on any atom is -0.362 e. The van der Waals surface area contributed by atoms with Gasteiger partial charge in [0.05, 0.1) is 13.1 Å². The molecule has 4 aromatic heterocycles. The molecule has 4 heterocycles. The van der Waals surface area contributed by atoms with Crippen molar-refractivity contribution < 1.29 is 4.63 Å². The summed E-state index contributed by atoms with van der Waals surface area (Å²) in [6.07, 6.45) is 3.69. The van der Waals surface area contributed by atoms with Crippen molar-refractivity contribution in [1.82, 2.24) is 29.8 Å². The van der Waals surface area contributed by atoms with Gasteiger partial charge in [0.25, 0.3) is 0 Å². The molecule has 0 bridgehead atoms. The average Bonchev–Trinajstić information content (AvgIpc) is 3.34. The van der Waals surface area contributed by atoms with Crippen molar-refractivity contribution in [2.24, 2.45) is 7.05 Å². The SMILES string of the molecule is CN(Cc1nccn1C)c1nc2nonc2nc1NCc1cccs1. The zero-order valence-corrected chi connectivity index (χ0v) is 14.6. The molecule has 0 aliphatic rings. The van der Waals surface area contributed by atoms with Crippen LogP contribution in [0, 0.1) is 0 Å². The monoisotopic (exact) mass is 356 g/mol. The van der Waals surface area contributed by atoms with Crippen LogP contribution >= 0.6 is 11.3 Å². The van der Waals surface area contributed by atoms with Crippen LogP contribution in [0.5, 0.6) is 0 Å². The molecule has 9 nitrogen and oxygen atoms in total. The molecule has 1 N–H and O–H groups in total. The van der Waals surface area contributed by atoms with Crippen molar-refractivity contribution in [2.45, 2.75) is 13.1 Å². The van der Waals surface area contributed by atoms with Crippen molar-refractivity contribution in [1.29, 1.82) is 0 Å². The molecule has 0 unspecified atom stereocenters. The lowest BCUT2D eigenvalue weighted by molar-refractivity contribution is 0.314. The Kier molecular flexibility index (Phi) is 4.02. The standard InChI is InChI=1S/C15H16N8OS/c1-22-6-5-16-11(22)9-23(2)15-14(17-8-10-4-3-7-25-10)18-12-13(19-15)21-24-20-12/h3-7H,8-9H2,1-2H3,(H,17,18,20). The lowest BCUT2D eigenvalue weighted by Crippen LogP contribution is -2.22. The van der Waals surface area contributed by atoms with Crippen LogP contribution < -0.4 is 10.2 Å². The molecule has 4 rings (SSSR count). The van der Waals surface area contributed by atoms with E-state index in [1.54, 1.807) is 17.5 Å². The van der Waals surface area contributed by atoms with E-state index < -0.39 is 0 Å². The molecule has 128 valence electrons. The first-order chi connectivity index (χ1) is 12.2. The van der Waals surface area contributed by atoms with Gasteiger partial charge in [0.2, 0.25) is 11.3 Å². The largest absolute Gasteiger partial charge is 0.362 e. The smallest absolute Gasteiger partial charge is 0.245 e. The number of imidazole rings is 1. The molecular weight excluding hydrogens is 340 g/mol. The molecule has 0 aromatic carbocycles. The molecule has 0 spiro atoms. The number of aromatic nitrogens is 6. The summed E-state index contributed by atoms with van der Waals surface area (Å²) < 4.78 is 6.72. The number of anilines is 2. The molecular formula is C15H16N8OS. The van der Waals surface area contributed by atoms with E-state index in [0.29, 0.717) is 36.0 Å². The van der Waals surface area contributed by atoms with Crippen LogP contribution in [0.1, 0.15) is 10.7 Å². The summed E-state index contributed by atoms with van der Waals surface area (Å²) in [6, 6.07) is 4.09. The van der Waals surface area contributed by atoms with Crippen LogP contribution in [0.25, 0.3) is 11.3 Å². The van der Waals surface area contributed by atoms with Crippen LogP contribution in [0.3, 0.4) is 0 Å². The number of hydrogen-bond donors (Lipinski definition) is 1. The molecule has 4 aromatic rings. The number of aryl methyl sites for hydroxylation is 1. The van der Waals surface area contributed by atoms with E-state index in [2.05, 4.69) is 36.6 Å². The molecule has 0 fully saturated rings. The number of hydrogen-bond acceptors (Lipinski definition) is 9. The quantitative estimate of drug-likeness (QED) is 0.560. The lowest BCUT2D eigenvalue weighted by Gasteiger charge is -2.20. The fourth-order valence-corrected chi connectivity index (χ4v) is 3.08. The maximum Gasteiger partial charge on any atom is 0.245 e. The number of nitrogens with zero attached hydrogens (tertiary/aromatic N) is 7. The number of thiophene rings is 1. The molecule has 0 amide bonds. The van der Waals surface area contributed by atoms with E-state index in [1.165, 1.54) is 4.88 Å². The van der Waals surface area contributed by atoms with Gasteiger partial charge >= 0.3 is 0 Å². The molecule has 0 aliphatic carbocycles. The fraction of sp³-hybridized carbons (Fsp3) is 0.267. The van der Waals surface area contributed by atoms with Crippen molar-refractivity contribution in [3.05, 3.63) is 40.6 Å². The Morgan fingerprint density at radius 2 is 2.12 bits per heavy atom. The van der Waals surface area contributed by atoms with Gasteiger partial charge in [0, 0.05) is 31.4 Å². The Bertz CT molecular complexity index is 977. The summed E-state index contributed by atoms with van der Waals surface area (Å²) in [4.78, 5) is 16.6. The van der Waals surface area contributed by atoms with Gasteiger partial charge in [-0.1, -0.05) is 6.07 Å². The Morgan fingerprint density at radius 1 is 1.28 bits per heavy atom. The highest BCUT2D eigenvalue weighted by Crippen LogP contribution is 2.25. The summed E-state index contributed by atoms with van der Waals surface area (Å²) in [5.74, 6) is 2.22. The zero-order valence-electron chi connectivity index (χ0n) is 13.7. The minimum atomic E-state index is 0.378. The number of rotatable bonds is 6. The molecule has 0 radical (unpaired) electrons. The van der Waals surface area contributed by atoms with Crippen LogP contribution in [0.15, 0.2) is 34.5 Å². The van der Waals surface area contributed by atoms with Gasteiger partial charge < -0.3 is 14.8 Å². The van der Waals surface area contributed by atoms with E-state index in [4.69, 9.17) is 4.63 Å². The van der Waals surface area contributed by atoms with Crippen molar-refractivity contribution >= 4 is 34.3 Å². The molecule has 0 aliphatic heterocycles. The van der Waals surface area contributed by atoms with Crippen LogP contribution in [0.2, 0.25) is 0 Å². The second-order valence-electron chi connectivity index (χ2n) is 5.55. The van der Waals surface area contributed by atoms with Crippen LogP contribution in [0.4, 0.5) is 11.6 Å². The minimum absolute atomic E-state index is 0.378. The third-order valence-corrected chi connectivity index (χ3v) is 4.64. The first kappa shape index (κ1) is 15.5. The second kappa shape index (κ2) is 6.48. The zero-order chi connectivity index (χ0) is 17.2. The highest BCUT2D eigenvalue weighted by molar-refractivity contribution is 7.09. The van der Waals surface area contributed by atoms with Crippen LogP contribution in [-0.4, -0.2) is 36.9 Å². The first-order valence-electron chi connectivity index (χ1n) is 7.64. The van der Waals surface area contributed by atoms with Gasteiger partial charge in [-0.25, -0.2) is 19.6 Å². The van der Waals surface area contributed by atoms with Gasteiger partial charge in [0.15, 0.2) is 11.6 Å². The maximum atomic E-state index is 4.74. The molecule has 25 heavy (non-hydrogen) atoms. The predicted octanol–water partition coefficient (Wildman–Crippen LogP) is 2.06. The second-order valence-corrected chi connectivity index (χ2v) is 6.58. The van der Waals surface area contributed by atoms with Gasteiger partial charge in [-0.2, -0.15) is 0 Å². The lowest BCUT2D eigenvalue weighted by atomic mass is 10.4. The Labute approximate surface area is 147 Å². The summed E-state index contributed by atoms with van der Waals surface area (Å²) in [5.41, 5.74) is 0.756. The molecule has 0 saturated heterocycles. The number of nitrogens with one attached hydrogen (secondary N) is 1. The van der Waals surface area contributed by atoms with E-state index in [1.807, 2.05) is 41.2 Å². The third kappa shape index (κ3) is 3.15. The Hall–Kier alpha value is -3.01. The average molecular weight is 356 g/mol. The molecule has 0 saturated carbocycles. The van der Waals surface area contributed by atoms with Crippen molar-refractivity contribution in [3.63, 3.8) is 0 Å². The maximum absolute atomic E-state index is 4.74. The van der Waals surface area contributed by atoms with Crippen LogP contribution in [-0.2, 0) is 20.1 Å². The van der Waals surface area contributed by atoms with Gasteiger partial charge in [0.1, 0.15) is 5.82 Å². The van der Waals surface area contributed by atoms with E-state index >= 15 is 0 Å². The summed E-state index contributed by atoms with van der Waals surface area (Å²) in [6.45, 7) is 1.25. The highest BCUT2D eigenvalue weighted by Gasteiger charge is 2.17. The van der Waals surface area contributed by atoms with E-state index in [-0.39, 0.29) is 0 Å². The highest BCUT2D eigenvalue weighted by atomic mass is 32.1. The fourth-order valence-electron chi connectivity index (χ4n) is 2.43. The van der Waals surface area contributed by atoms with Gasteiger partial charge in [-0.3, -0.25) is 0 Å². The molecule has 10 heteroatoms. The Balaban J connectivity index is 1.64. The third-order valence-electron chi connectivity index (χ3n) is 3.77. The topological polar surface area (TPSA) is 97.8 Å². The van der Waals surface area contributed by atoms with Crippen molar-refractivity contribution in [3.8, 4) is 0 Å². The van der Waals surface area contributed by atoms with E-state index in [9.17, 15) is 0 Å². The van der Waals surface area contributed by atoms with Gasteiger partial charge in [-0.05, 0) is 21.8 Å². The number of fused-ring (bicyclic) bond motifs is 1. The van der Waals surface area contributed by atoms with Crippen molar-refractivity contribution in [2.75, 3.05) is 17.3 Å². The van der Waals surface area contributed by atoms with Gasteiger partial charge in [-0.15, -0.1) is 11.3 Å². The van der Waals surface area contributed by atoms with E-state index in [0.717, 1.165) is 5.82 Å².